The second-order valence-electron chi connectivity index (χ2n) is 3.84. The van der Waals surface area contributed by atoms with E-state index in [9.17, 15) is 4.79 Å². The molecule has 0 saturated heterocycles. The van der Waals surface area contributed by atoms with Crippen LogP contribution in [-0.2, 0) is 13.1 Å². The molecular formula is C12H11N3O. The second kappa shape index (κ2) is 3.57. The molecule has 1 aromatic heterocycles. The molecule has 4 heteroatoms. The average molecular weight is 213 g/mol. The van der Waals surface area contributed by atoms with Crippen LogP contribution in [0.5, 0.6) is 0 Å². The maximum atomic E-state index is 10.7. The van der Waals surface area contributed by atoms with Gasteiger partial charge in [0.15, 0.2) is 0 Å². The molecule has 0 saturated carbocycles. The summed E-state index contributed by atoms with van der Waals surface area (Å²) in [5.74, 6) is 0. The molecule has 4 nitrogen and oxygen atoms in total. The van der Waals surface area contributed by atoms with E-state index >= 15 is 0 Å². The van der Waals surface area contributed by atoms with Crippen LogP contribution in [-0.4, -0.2) is 16.1 Å². The van der Waals surface area contributed by atoms with Gasteiger partial charge in [0, 0.05) is 24.2 Å². The fourth-order valence-electron chi connectivity index (χ4n) is 2.01. The molecule has 0 aliphatic carbocycles. The van der Waals surface area contributed by atoms with E-state index in [4.69, 9.17) is 0 Å². The number of hydrogen-bond acceptors (Lipinski definition) is 3. The van der Waals surface area contributed by atoms with Crippen LogP contribution in [0.1, 0.15) is 21.6 Å². The van der Waals surface area contributed by atoms with Gasteiger partial charge in [0.1, 0.15) is 6.29 Å². The molecule has 0 fully saturated rings. The number of nitrogens with zero attached hydrogens (tertiary/aromatic N) is 2. The highest BCUT2D eigenvalue weighted by Crippen LogP contribution is 2.19. The van der Waals surface area contributed by atoms with Crippen molar-refractivity contribution in [2.45, 2.75) is 13.1 Å². The molecule has 1 aliphatic rings. The van der Waals surface area contributed by atoms with Crippen LogP contribution in [0.25, 0.3) is 5.69 Å². The lowest BCUT2D eigenvalue weighted by Crippen LogP contribution is -2.07. The molecule has 0 atom stereocenters. The van der Waals surface area contributed by atoms with Gasteiger partial charge in [-0.3, -0.25) is 4.79 Å². The zero-order chi connectivity index (χ0) is 11.0. The molecule has 3 rings (SSSR count). The van der Waals surface area contributed by atoms with E-state index in [1.54, 1.807) is 6.07 Å². The van der Waals surface area contributed by atoms with Crippen molar-refractivity contribution in [1.82, 2.24) is 15.1 Å². The lowest BCUT2D eigenvalue weighted by molar-refractivity contribution is 0.112. The molecule has 1 aromatic carbocycles. The van der Waals surface area contributed by atoms with E-state index in [0.717, 1.165) is 25.1 Å². The van der Waals surface area contributed by atoms with Crippen molar-refractivity contribution in [2.24, 2.45) is 0 Å². The van der Waals surface area contributed by atoms with E-state index < -0.39 is 0 Å². The number of aldehydes is 1. The van der Waals surface area contributed by atoms with E-state index in [1.165, 1.54) is 11.3 Å². The molecule has 0 spiro atoms. The Balaban J connectivity index is 2.11. The molecule has 0 amide bonds. The topological polar surface area (TPSA) is 46.9 Å². The Bertz CT molecular complexity index is 545. The molecule has 2 heterocycles. The summed E-state index contributed by atoms with van der Waals surface area (Å²) < 4.78 is 1.89. The number of nitrogens with one attached hydrogen (secondary N) is 1. The fraction of sp³-hybridized carbons (Fsp3) is 0.167. The predicted molar refractivity (Wildman–Crippen MR) is 59.5 cm³/mol. The predicted octanol–water partition coefficient (Wildman–Crippen LogP) is 1.29. The lowest BCUT2D eigenvalue weighted by Gasteiger charge is -2.05. The highest BCUT2D eigenvalue weighted by atomic mass is 16.1. The van der Waals surface area contributed by atoms with Gasteiger partial charge in [-0.2, -0.15) is 5.10 Å². The molecule has 0 unspecified atom stereocenters. The van der Waals surface area contributed by atoms with Crippen LogP contribution in [0.2, 0.25) is 0 Å². The van der Waals surface area contributed by atoms with Gasteiger partial charge in [0.05, 0.1) is 17.6 Å². The van der Waals surface area contributed by atoms with Crippen molar-refractivity contribution < 1.29 is 4.79 Å². The number of fused-ring (bicyclic) bond motifs is 1. The van der Waals surface area contributed by atoms with Gasteiger partial charge in [0.25, 0.3) is 0 Å². The van der Waals surface area contributed by atoms with Crippen LogP contribution in [0, 0.1) is 0 Å². The van der Waals surface area contributed by atoms with E-state index in [0.29, 0.717) is 5.56 Å². The minimum Gasteiger partial charge on any atom is -0.307 e. The van der Waals surface area contributed by atoms with Crippen molar-refractivity contribution in [1.29, 1.82) is 0 Å². The van der Waals surface area contributed by atoms with Gasteiger partial charge in [-0.05, 0) is 12.1 Å². The van der Waals surface area contributed by atoms with Gasteiger partial charge < -0.3 is 5.32 Å². The summed E-state index contributed by atoms with van der Waals surface area (Å²) in [7, 11) is 0. The van der Waals surface area contributed by atoms with E-state index in [-0.39, 0.29) is 0 Å². The van der Waals surface area contributed by atoms with Crippen LogP contribution in [0.4, 0.5) is 0 Å². The lowest BCUT2D eigenvalue weighted by atomic mass is 10.2. The summed E-state index contributed by atoms with van der Waals surface area (Å²) in [6, 6.07) is 7.46. The van der Waals surface area contributed by atoms with E-state index in [2.05, 4.69) is 10.4 Å². The zero-order valence-corrected chi connectivity index (χ0v) is 8.68. The second-order valence-corrected chi connectivity index (χ2v) is 3.84. The molecule has 16 heavy (non-hydrogen) atoms. The molecule has 0 radical (unpaired) electrons. The SMILES string of the molecule is O=Cc1cccc(-n2ncc3c2CNC3)c1. The van der Waals surface area contributed by atoms with Gasteiger partial charge in [-0.1, -0.05) is 12.1 Å². The average Bonchev–Trinajstić information content (AvgIpc) is 2.90. The number of carbonyl (C=O) groups is 1. The normalized spacial score (nSPS) is 13.8. The monoisotopic (exact) mass is 213 g/mol. The molecule has 2 aromatic rings. The quantitative estimate of drug-likeness (QED) is 0.764. The highest BCUT2D eigenvalue weighted by molar-refractivity contribution is 5.75. The molecule has 80 valence electrons. The summed E-state index contributed by atoms with van der Waals surface area (Å²) in [4.78, 5) is 10.7. The summed E-state index contributed by atoms with van der Waals surface area (Å²) in [6.45, 7) is 1.71. The third-order valence-electron chi connectivity index (χ3n) is 2.81. The van der Waals surface area contributed by atoms with Crippen LogP contribution < -0.4 is 5.32 Å². The van der Waals surface area contributed by atoms with Crippen LogP contribution in [0.15, 0.2) is 30.5 Å². The summed E-state index contributed by atoms with van der Waals surface area (Å²) in [5, 5.41) is 7.62. The van der Waals surface area contributed by atoms with Gasteiger partial charge in [0.2, 0.25) is 0 Å². The Morgan fingerprint density at radius 1 is 1.38 bits per heavy atom. The highest BCUT2D eigenvalue weighted by Gasteiger charge is 2.16. The minimum atomic E-state index is 0.674. The Morgan fingerprint density at radius 2 is 2.31 bits per heavy atom. The summed E-state index contributed by atoms with van der Waals surface area (Å²) in [5.41, 5.74) is 4.03. The first-order valence-electron chi connectivity index (χ1n) is 5.20. The van der Waals surface area contributed by atoms with Gasteiger partial charge in [-0.15, -0.1) is 0 Å². The van der Waals surface area contributed by atoms with Crippen molar-refractivity contribution in [2.75, 3.05) is 0 Å². The van der Waals surface area contributed by atoms with Gasteiger partial charge in [-0.25, -0.2) is 4.68 Å². The number of carbonyl (C=O) groups excluding carboxylic acids is 1. The molecule has 0 bridgehead atoms. The van der Waals surface area contributed by atoms with Gasteiger partial charge >= 0.3 is 0 Å². The first-order chi connectivity index (χ1) is 7.88. The standard InChI is InChI=1S/C12H11N3O/c16-8-9-2-1-3-11(4-9)15-12-7-13-5-10(12)6-14-15/h1-4,6,8,13H,5,7H2. The van der Waals surface area contributed by atoms with Crippen molar-refractivity contribution in [3.8, 4) is 5.69 Å². The largest absolute Gasteiger partial charge is 0.307 e. The van der Waals surface area contributed by atoms with Crippen LogP contribution >= 0.6 is 0 Å². The van der Waals surface area contributed by atoms with Crippen molar-refractivity contribution in [3.63, 3.8) is 0 Å². The van der Waals surface area contributed by atoms with Crippen molar-refractivity contribution in [3.05, 3.63) is 47.3 Å². The van der Waals surface area contributed by atoms with Crippen LogP contribution in [0.3, 0.4) is 0 Å². The first kappa shape index (κ1) is 9.30. The minimum absolute atomic E-state index is 0.674. The molecular weight excluding hydrogens is 202 g/mol. The molecule has 1 aliphatic heterocycles. The van der Waals surface area contributed by atoms with Crippen molar-refractivity contribution >= 4 is 6.29 Å². The first-order valence-corrected chi connectivity index (χ1v) is 5.20. The summed E-state index contributed by atoms with van der Waals surface area (Å²) >= 11 is 0. The maximum absolute atomic E-state index is 10.7. The Kier molecular flexibility index (Phi) is 2.08. The number of rotatable bonds is 2. The Morgan fingerprint density at radius 3 is 3.19 bits per heavy atom. The third-order valence-corrected chi connectivity index (χ3v) is 2.81. The van der Waals surface area contributed by atoms with E-state index in [1.807, 2.05) is 29.1 Å². The zero-order valence-electron chi connectivity index (χ0n) is 8.68. The molecule has 1 N–H and O–H groups in total. The Labute approximate surface area is 92.9 Å². The summed E-state index contributed by atoms with van der Waals surface area (Å²) in [6.07, 6.45) is 2.73. The maximum Gasteiger partial charge on any atom is 0.150 e. The Hall–Kier alpha value is -1.94. The third kappa shape index (κ3) is 1.35. The number of hydrogen-bond donors (Lipinski definition) is 1. The number of benzene rings is 1. The number of aromatic nitrogens is 2. The smallest absolute Gasteiger partial charge is 0.150 e. The fourth-order valence-corrected chi connectivity index (χ4v) is 2.01.